The molecule has 2 heterocycles. The molecule has 3 unspecified atom stereocenters. The van der Waals surface area contributed by atoms with E-state index in [1.54, 1.807) is 18.3 Å². The summed E-state index contributed by atoms with van der Waals surface area (Å²) in [7, 11) is -1.87. The lowest BCUT2D eigenvalue weighted by molar-refractivity contribution is -0.152. The number of anilines is 2. The van der Waals surface area contributed by atoms with Gasteiger partial charge >= 0.3 is 6.18 Å². The summed E-state index contributed by atoms with van der Waals surface area (Å²) in [6, 6.07) is 5.70. The third kappa shape index (κ3) is 6.43. The number of rotatable bonds is 9. The van der Waals surface area contributed by atoms with Gasteiger partial charge in [0.15, 0.2) is 5.82 Å². The summed E-state index contributed by atoms with van der Waals surface area (Å²) in [4.78, 5) is 15.4. The number of alkyl halides is 3. The average Bonchev–Trinajstić information content (AvgIpc) is 3.22. The van der Waals surface area contributed by atoms with E-state index in [1.165, 1.54) is 24.6 Å². The van der Waals surface area contributed by atoms with Crippen LogP contribution in [0.15, 0.2) is 41.3 Å². The van der Waals surface area contributed by atoms with Crippen LogP contribution in [0.25, 0.3) is 10.9 Å². The number of fused-ring (bicyclic) bond motifs is 1. The van der Waals surface area contributed by atoms with Crippen molar-refractivity contribution >= 4 is 33.4 Å². The van der Waals surface area contributed by atoms with Gasteiger partial charge in [0.1, 0.15) is 11.4 Å². The zero-order valence-corrected chi connectivity index (χ0v) is 22.1. The molecule has 2 aromatic heterocycles. The van der Waals surface area contributed by atoms with Crippen molar-refractivity contribution < 1.29 is 17.4 Å². The summed E-state index contributed by atoms with van der Waals surface area (Å²) in [6.45, 7) is 5.76. The second-order valence-electron chi connectivity index (χ2n) is 10.2. The second-order valence-corrected chi connectivity index (χ2v) is 11.5. The zero-order valence-electron chi connectivity index (χ0n) is 21.3. The molecule has 3 atom stereocenters. The van der Waals surface area contributed by atoms with E-state index >= 15 is 0 Å². The largest absolute Gasteiger partial charge is 0.408 e. The van der Waals surface area contributed by atoms with E-state index in [-0.39, 0.29) is 34.8 Å². The Kier molecular flexibility index (Phi) is 8.42. The fourth-order valence-electron chi connectivity index (χ4n) is 4.66. The summed E-state index contributed by atoms with van der Waals surface area (Å²) in [5.74, 6) is 0.621. The molecule has 3 N–H and O–H groups in total. The van der Waals surface area contributed by atoms with Gasteiger partial charge in [0.25, 0.3) is 5.56 Å². The van der Waals surface area contributed by atoms with Gasteiger partial charge in [-0.25, -0.2) is 8.93 Å². The van der Waals surface area contributed by atoms with Crippen LogP contribution in [0.3, 0.4) is 0 Å². The monoisotopic (exact) mass is 537 g/mol. The van der Waals surface area contributed by atoms with E-state index in [4.69, 9.17) is 0 Å². The predicted molar refractivity (Wildman–Crippen MR) is 141 cm³/mol. The van der Waals surface area contributed by atoms with Crippen LogP contribution in [-0.4, -0.2) is 30.9 Å². The summed E-state index contributed by atoms with van der Waals surface area (Å²) in [5, 5.41) is 8.13. The zero-order chi connectivity index (χ0) is 26.7. The summed E-state index contributed by atoms with van der Waals surface area (Å²) < 4.78 is 58.7. The molecular weight excluding hydrogens is 503 g/mol. The maximum absolute atomic E-state index is 14.0. The van der Waals surface area contributed by atoms with Crippen LogP contribution in [0.1, 0.15) is 70.5 Å². The molecule has 0 radical (unpaired) electrons. The van der Waals surface area contributed by atoms with Crippen molar-refractivity contribution in [2.45, 2.75) is 71.1 Å². The summed E-state index contributed by atoms with van der Waals surface area (Å²) in [5.41, 5.74) is 0.655. The number of hydrogen-bond acceptors (Lipinski definition) is 4. The Morgan fingerprint density at radius 1 is 1.16 bits per heavy atom. The molecule has 0 spiro atoms. The number of H-pyrrole nitrogens is 1. The molecule has 1 aromatic carbocycles. The normalized spacial score (nSPS) is 17.7. The van der Waals surface area contributed by atoms with Crippen LogP contribution < -0.4 is 15.6 Å². The molecule has 37 heavy (non-hydrogen) atoms. The van der Waals surface area contributed by atoms with Gasteiger partial charge in [0.05, 0.1) is 22.5 Å². The van der Waals surface area contributed by atoms with E-state index in [0.29, 0.717) is 22.4 Å². The van der Waals surface area contributed by atoms with E-state index in [1.807, 2.05) is 25.5 Å². The Morgan fingerprint density at radius 3 is 2.57 bits per heavy atom. The van der Waals surface area contributed by atoms with Gasteiger partial charge in [-0.15, -0.1) is 0 Å². The number of aromatic amines is 1. The van der Waals surface area contributed by atoms with E-state index < -0.39 is 23.2 Å². The van der Waals surface area contributed by atoms with Gasteiger partial charge < -0.3 is 10.3 Å². The Morgan fingerprint density at radius 2 is 1.89 bits per heavy atom. The Labute approximate surface area is 216 Å². The number of nitrogens with one attached hydrogen (secondary N) is 3. The van der Waals surface area contributed by atoms with Gasteiger partial charge in [0, 0.05) is 17.6 Å². The van der Waals surface area contributed by atoms with Gasteiger partial charge in [-0.05, 0) is 48.4 Å². The fraction of sp³-hybridized carbons (Fsp3) is 0.538. The highest BCUT2D eigenvalue weighted by atomic mass is 32.2. The minimum atomic E-state index is -4.65. The third-order valence-corrected chi connectivity index (χ3v) is 8.49. The molecule has 0 bridgehead atoms. The molecular formula is C26H34F3N5O2S. The fourth-order valence-corrected chi connectivity index (χ4v) is 6.15. The molecule has 0 amide bonds. The lowest BCUT2D eigenvalue weighted by Crippen LogP contribution is -2.37. The van der Waals surface area contributed by atoms with Gasteiger partial charge in [-0.3, -0.25) is 9.48 Å². The molecule has 3 aromatic rings. The highest BCUT2D eigenvalue weighted by Gasteiger charge is 2.42. The molecule has 0 saturated heterocycles. The SMILES string of the molecule is CC(C)C(C)CS(=O)NC(c1cccc(Nc2nn(C3CCCCC3)c3cc[nH]c(=O)c23)c1)C(F)(F)F. The Hall–Kier alpha value is -2.66. The smallest absolute Gasteiger partial charge is 0.338 e. The molecule has 1 aliphatic carbocycles. The number of benzene rings is 1. The Bertz CT molecular complexity index is 1300. The summed E-state index contributed by atoms with van der Waals surface area (Å²) in [6.07, 6.45) is 2.20. The van der Waals surface area contributed by atoms with Crippen molar-refractivity contribution in [1.29, 1.82) is 0 Å². The first-order chi connectivity index (χ1) is 17.5. The highest BCUT2D eigenvalue weighted by molar-refractivity contribution is 7.83. The number of halogens is 3. The lowest BCUT2D eigenvalue weighted by atomic mass is 9.95. The molecule has 1 saturated carbocycles. The number of pyridine rings is 1. The number of nitrogens with zero attached hydrogens (tertiary/aromatic N) is 2. The topological polar surface area (TPSA) is 91.8 Å². The highest BCUT2D eigenvalue weighted by Crippen LogP contribution is 2.36. The van der Waals surface area contributed by atoms with Crippen LogP contribution in [0, 0.1) is 11.8 Å². The van der Waals surface area contributed by atoms with Crippen LogP contribution in [-0.2, 0) is 11.0 Å². The minimum absolute atomic E-state index is 0.000802. The minimum Gasteiger partial charge on any atom is -0.338 e. The predicted octanol–water partition coefficient (Wildman–Crippen LogP) is 6.12. The van der Waals surface area contributed by atoms with Crippen LogP contribution >= 0.6 is 0 Å². The summed E-state index contributed by atoms with van der Waals surface area (Å²) >= 11 is 0. The molecule has 0 aliphatic heterocycles. The molecule has 1 aliphatic rings. The van der Waals surface area contributed by atoms with E-state index in [9.17, 15) is 22.2 Å². The standard InChI is InChI=1S/C26H34F3N5O2S/c1-16(2)17(3)15-37(36)33-23(26(27,28)29)18-8-7-9-19(14-18)31-24-22-21(12-13-30-25(22)35)34(32-24)20-10-5-4-6-11-20/h7-9,12-14,16-17,20,23,33H,4-6,10-11,15H2,1-3H3,(H,30,35)(H,31,32). The van der Waals surface area contributed by atoms with Crippen molar-refractivity contribution in [2.24, 2.45) is 11.8 Å². The van der Waals surface area contributed by atoms with Crippen LogP contribution in [0.4, 0.5) is 24.7 Å². The number of aromatic nitrogens is 3. The molecule has 7 nitrogen and oxygen atoms in total. The second kappa shape index (κ2) is 11.4. The quantitative estimate of drug-likeness (QED) is 0.307. The molecule has 202 valence electrons. The first-order valence-corrected chi connectivity index (χ1v) is 14.0. The maximum Gasteiger partial charge on any atom is 0.408 e. The van der Waals surface area contributed by atoms with Crippen molar-refractivity contribution in [2.75, 3.05) is 11.1 Å². The van der Waals surface area contributed by atoms with E-state index in [2.05, 4.69) is 20.1 Å². The van der Waals surface area contributed by atoms with Crippen molar-refractivity contribution in [3.8, 4) is 0 Å². The lowest BCUT2D eigenvalue weighted by Gasteiger charge is -2.23. The molecule has 1 fully saturated rings. The van der Waals surface area contributed by atoms with Gasteiger partial charge in [-0.2, -0.15) is 18.3 Å². The maximum atomic E-state index is 14.0. The average molecular weight is 538 g/mol. The van der Waals surface area contributed by atoms with Crippen LogP contribution in [0.2, 0.25) is 0 Å². The van der Waals surface area contributed by atoms with Crippen molar-refractivity contribution in [3.63, 3.8) is 0 Å². The first kappa shape index (κ1) is 27.4. The molecule has 11 heteroatoms. The first-order valence-electron chi connectivity index (χ1n) is 12.7. The van der Waals surface area contributed by atoms with Gasteiger partial charge in [-0.1, -0.05) is 52.2 Å². The number of hydrogen-bond donors (Lipinski definition) is 3. The molecule has 4 rings (SSSR count). The van der Waals surface area contributed by atoms with Crippen molar-refractivity contribution in [3.05, 3.63) is 52.4 Å². The van der Waals surface area contributed by atoms with Gasteiger partial charge in [0.2, 0.25) is 0 Å². The third-order valence-electron chi connectivity index (χ3n) is 7.16. The van der Waals surface area contributed by atoms with E-state index in [0.717, 1.165) is 25.7 Å². The Balaban J connectivity index is 1.63. The van der Waals surface area contributed by atoms with Crippen LogP contribution in [0.5, 0.6) is 0 Å². The van der Waals surface area contributed by atoms with Crippen molar-refractivity contribution in [1.82, 2.24) is 19.5 Å².